The van der Waals surface area contributed by atoms with E-state index in [0.29, 0.717) is 6.54 Å². The first-order valence-electron chi connectivity index (χ1n) is 7.33. The van der Waals surface area contributed by atoms with Crippen LogP contribution in [0.15, 0.2) is 42.5 Å². The number of aryl methyl sites for hydroxylation is 1. The van der Waals surface area contributed by atoms with Gasteiger partial charge in [0.25, 0.3) is 5.91 Å². The van der Waals surface area contributed by atoms with E-state index in [2.05, 4.69) is 23.5 Å². The highest BCUT2D eigenvalue weighted by Crippen LogP contribution is 2.22. The van der Waals surface area contributed by atoms with E-state index in [1.54, 1.807) is 0 Å². The fraction of sp³-hybridized carbons (Fsp3) is 0.278. The van der Waals surface area contributed by atoms with Gasteiger partial charge in [0, 0.05) is 31.4 Å². The van der Waals surface area contributed by atoms with Crippen molar-refractivity contribution in [2.45, 2.75) is 19.9 Å². The number of carbonyl (C=O) groups excluding carboxylic acids is 1. The minimum Gasteiger partial charge on any atom is -0.388 e. The summed E-state index contributed by atoms with van der Waals surface area (Å²) in [7, 11) is 1.89. The molecule has 2 aromatic carbocycles. The van der Waals surface area contributed by atoms with E-state index in [-0.39, 0.29) is 5.91 Å². The van der Waals surface area contributed by atoms with Crippen molar-refractivity contribution in [1.29, 1.82) is 0 Å². The summed E-state index contributed by atoms with van der Waals surface area (Å²) in [4.78, 5) is 14.7. The van der Waals surface area contributed by atoms with Crippen molar-refractivity contribution >= 4 is 11.6 Å². The fourth-order valence-corrected chi connectivity index (χ4v) is 2.90. The molecule has 21 heavy (non-hydrogen) atoms. The largest absolute Gasteiger partial charge is 0.388 e. The molecule has 1 heterocycles. The van der Waals surface area contributed by atoms with Crippen molar-refractivity contribution in [2.75, 3.05) is 18.9 Å². The van der Waals surface area contributed by atoms with Crippen LogP contribution in [0.1, 0.15) is 27.0 Å². The molecular formula is C18H20N2O. The number of nitrogens with zero attached hydrogens (tertiary/aromatic N) is 1. The topological polar surface area (TPSA) is 32.3 Å². The first-order chi connectivity index (χ1) is 10.2. The summed E-state index contributed by atoms with van der Waals surface area (Å²) >= 11 is 0. The summed E-state index contributed by atoms with van der Waals surface area (Å²) in [6.07, 6.45) is 0.940. The maximum absolute atomic E-state index is 12.7. The van der Waals surface area contributed by atoms with E-state index in [4.69, 9.17) is 0 Å². The number of carbonyl (C=O) groups is 1. The van der Waals surface area contributed by atoms with Crippen molar-refractivity contribution in [2.24, 2.45) is 0 Å². The lowest BCUT2D eigenvalue weighted by atomic mass is 9.98. The zero-order valence-electron chi connectivity index (χ0n) is 12.5. The molecule has 1 N–H and O–H groups in total. The van der Waals surface area contributed by atoms with Crippen LogP contribution in [0.2, 0.25) is 0 Å². The van der Waals surface area contributed by atoms with Gasteiger partial charge >= 0.3 is 0 Å². The van der Waals surface area contributed by atoms with E-state index in [1.807, 2.05) is 43.1 Å². The number of hydrogen-bond donors (Lipinski definition) is 1. The second-order valence-corrected chi connectivity index (χ2v) is 5.53. The number of anilines is 1. The van der Waals surface area contributed by atoms with Gasteiger partial charge in [-0.2, -0.15) is 0 Å². The summed E-state index contributed by atoms with van der Waals surface area (Å²) in [5.74, 6) is 0.129. The van der Waals surface area contributed by atoms with Gasteiger partial charge < -0.3 is 10.2 Å². The average molecular weight is 280 g/mol. The lowest BCUT2D eigenvalue weighted by molar-refractivity contribution is 0.0734. The van der Waals surface area contributed by atoms with Gasteiger partial charge in [-0.15, -0.1) is 0 Å². The average Bonchev–Trinajstić information content (AvgIpc) is 2.53. The highest BCUT2D eigenvalue weighted by atomic mass is 16.2. The molecule has 0 unspecified atom stereocenters. The van der Waals surface area contributed by atoms with Crippen LogP contribution in [0, 0.1) is 6.92 Å². The van der Waals surface area contributed by atoms with Crippen LogP contribution in [0.25, 0.3) is 0 Å². The minimum absolute atomic E-state index is 0.129. The number of hydrogen-bond acceptors (Lipinski definition) is 2. The van der Waals surface area contributed by atoms with Crippen molar-refractivity contribution in [3.63, 3.8) is 0 Å². The Kier molecular flexibility index (Phi) is 3.65. The molecule has 0 saturated carbocycles. The number of benzene rings is 2. The van der Waals surface area contributed by atoms with E-state index in [1.165, 1.54) is 11.1 Å². The monoisotopic (exact) mass is 280 g/mol. The second kappa shape index (κ2) is 5.60. The molecule has 0 atom stereocenters. The SMILES string of the molecule is CNc1ccc(C(=O)N2CCc3ccccc3C2)c(C)c1. The Morgan fingerprint density at radius 1 is 1.14 bits per heavy atom. The third-order valence-corrected chi connectivity index (χ3v) is 4.16. The van der Waals surface area contributed by atoms with Gasteiger partial charge in [0.2, 0.25) is 0 Å². The van der Waals surface area contributed by atoms with Gasteiger partial charge in [-0.25, -0.2) is 0 Å². The van der Waals surface area contributed by atoms with Gasteiger partial charge in [-0.05, 0) is 48.2 Å². The Balaban J connectivity index is 1.84. The fourth-order valence-electron chi connectivity index (χ4n) is 2.90. The van der Waals surface area contributed by atoms with Crippen molar-refractivity contribution in [3.8, 4) is 0 Å². The van der Waals surface area contributed by atoms with Crippen LogP contribution in [0.5, 0.6) is 0 Å². The molecule has 0 aromatic heterocycles. The summed E-state index contributed by atoms with van der Waals surface area (Å²) in [5, 5.41) is 3.10. The Labute approximate surface area is 125 Å². The molecule has 1 aliphatic rings. The van der Waals surface area contributed by atoms with Gasteiger partial charge in [-0.1, -0.05) is 24.3 Å². The summed E-state index contributed by atoms with van der Waals surface area (Å²) in [6, 6.07) is 14.3. The van der Waals surface area contributed by atoms with Crippen molar-refractivity contribution < 1.29 is 4.79 Å². The predicted molar refractivity (Wildman–Crippen MR) is 85.6 cm³/mol. The molecule has 0 spiro atoms. The molecule has 3 heteroatoms. The van der Waals surface area contributed by atoms with Gasteiger partial charge in [0.1, 0.15) is 0 Å². The first-order valence-corrected chi connectivity index (χ1v) is 7.33. The molecule has 1 aliphatic heterocycles. The van der Waals surface area contributed by atoms with Crippen LogP contribution in [0.3, 0.4) is 0 Å². The number of amides is 1. The molecule has 3 rings (SSSR count). The van der Waals surface area contributed by atoms with Gasteiger partial charge in [0.05, 0.1) is 0 Å². The Hall–Kier alpha value is -2.29. The smallest absolute Gasteiger partial charge is 0.254 e. The molecule has 0 saturated heterocycles. The van der Waals surface area contributed by atoms with E-state index in [9.17, 15) is 4.79 Å². The van der Waals surface area contributed by atoms with Gasteiger partial charge in [-0.3, -0.25) is 4.79 Å². The zero-order chi connectivity index (χ0) is 14.8. The Bertz CT molecular complexity index is 679. The van der Waals surface area contributed by atoms with E-state index < -0.39 is 0 Å². The van der Waals surface area contributed by atoms with E-state index in [0.717, 1.165) is 29.8 Å². The molecule has 1 amide bonds. The molecule has 0 fully saturated rings. The first kappa shape index (κ1) is 13.7. The lowest BCUT2D eigenvalue weighted by Gasteiger charge is -2.29. The molecule has 108 valence electrons. The number of rotatable bonds is 2. The summed E-state index contributed by atoms with van der Waals surface area (Å²) in [6.45, 7) is 3.50. The quantitative estimate of drug-likeness (QED) is 0.916. The lowest BCUT2D eigenvalue weighted by Crippen LogP contribution is -2.36. The zero-order valence-corrected chi connectivity index (χ0v) is 12.5. The maximum Gasteiger partial charge on any atom is 0.254 e. The van der Waals surface area contributed by atoms with Crippen molar-refractivity contribution in [1.82, 2.24) is 4.90 Å². The Morgan fingerprint density at radius 3 is 2.62 bits per heavy atom. The summed E-state index contributed by atoms with van der Waals surface area (Å²) < 4.78 is 0. The van der Waals surface area contributed by atoms with Crippen LogP contribution < -0.4 is 5.32 Å². The van der Waals surface area contributed by atoms with Crippen LogP contribution in [-0.2, 0) is 13.0 Å². The molecular weight excluding hydrogens is 260 g/mol. The maximum atomic E-state index is 12.7. The number of nitrogens with one attached hydrogen (secondary N) is 1. The summed E-state index contributed by atoms with van der Waals surface area (Å²) in [5.41, 5.74) is 5.48. The standard InChI is InChI=1S/C18H20N2O/c1-13-11-16(19-2)7-8-17(13)18(21)20-10-9-14-5-3-4-6-15(14)12-20/h3-8,11,19H,9-10,12H2,1-2H3. The molecule has 0 radical (unpaired) electrons. The highest BCUT2D eigenvalue weighted by Gasteiger charge is 2.22. The number of fused-ring (bicyclic) bond motifs is 1. The van der Waals surface area contributed by atoms with Crippen LogP contribution >= 0.6 is 0 Å². The molecule has 0 aliphatic carbocycles. The van der Waals surface area contributed by atoms with E-state index >= 15 is 0 Å². The van der Waals surface area contributed by atoms with Crippen LogP contribution in [-0.4, -0.2) is 24.4 Å². The molecule has 0 bridgehead atoms. The van der Waals surface area contributed by atoms with Crippen LogP contribution in [0.4, 0.5) is 5.69 Å². The predicted octanol–water partition coefficient (Wildman–Crippen LogP) is 3.24. The normalized spacial score (nSPS) is 13.7. The highest BCUT2D eigenvalue weighted by molar-refractivity contribution is 5.96. The molecule has 2 aromatic rings. The van der Waals surface area contributed by atoms with Gasteiger partial charge in [0.15, 0.2) is 0 Å². The third-order valence-electron chi connectivity index (χ3n) is 4.16. The minimum atomic E-state index is 0.129. The second-order valence-electron chi connectivity index (χ2n) is 5.53. The van der Waals surface area contributed by atoms with Crippen molar-refractivity contribution in [3.05, 3.63) is 64.7 Å². The Morgan fingerprint density at radius 2 is 1.90 bits per heavy atom. The molecule has 3 nitrogen and oxygen atoms in total. The third kappa shape index (κ3) is 2.64.